The van der Waals surface area contributed by atoms with Crippen LogP contribution in [0.2, 0.25) is 0 Å². The molecule has 3 aromatic rings. The van der Waals surface area contributed by atoms with Gasteiger partial charge < -0.3 is 4.74 Å². The minimum atomic E-state index is 0.157. The first-order chi connectivity index (χ1) is 12.1. The monoisotopic (exact) mass is 352 g/mol. The molecule has 1 heterocycles. The smallest absolute Gasteiger partial charge is 0.216 e. The van der Waals surface area contributed by atoms with Gasteiger partial charge in [-0.05, 0) is 61.5 Å². The highest BCUT2D eigenvalue weighted by Crippen LogP contribution is 2.13. The summed E-state index contributed by atoms with van der Waals surface area (Å²) in [7, 11) is 0. The molecule has 6 heteroatoms. The number of nitrogens with zero attached hydrogens (tertiary/aromatic N) is 3. The molecule has 0 bridgehead atoms. The van der Waals surface area contributed by atoms with Gasteiger partial charge in [-0.3, -0.25) is 5.10 Å². The van der Waals surface area contributed by atoms with E-state index in [1.165, 1.54) is 0 Å². The molecule has 1 aromatic heterocycles. The van der Waals surface area contributed by atoms with E-state index in [2.05, 4.69) is 27.4 Å². The summed E-state index contributed by atoms with van der Waals surface area (Å²) in [4.78, 5) is 0. The van der Waals surface area contributed by atoms with Crippen LogP contribution in [0.5, 0.6) is 5.75 Å². The standard InChI is InChI=1S/C19H20N4OS/c1-14(2)24-17-10-8-16(9-11-17)13-20-23-18(21-22-19(23)25)12-15-6-4-3-5-7-15/h3-11,13-14H,12H2,1-2H3,(H,22,25)/b20-13-. The predicted molar refractivity (Wildman–Crippen MR) is 102 cm³/mol. The maximum absolute atomic E-state index is 5.64. The molecule has 0 saturated heterocycles. The molecule has 128 valence electrons. The summed E-state index contributed by atoms with van der Waals surface area (Å²) in [5.74, 6) is 1.61. The fraction of sp³-hybridized carbons (Fsp3) is 0.211. The Morgan fingerprint density at radius 1 is 1.16 bits per heavy atom. The van der Waals surface area contributed by atoms with Gasteiger partial charge in [0.05, 0.1) is 12.3 Å². The molecule has 3 rings (SSSR count). The molecular formula is C19H20N4OS. The Bertz CT molecular complexity index is 895. The molecular weight excluding hydrogens is 332 g/mol. The molecule has 0 radical (unpaired) electrons. The third-order valence-electron chi connectivity index (χ3n) is 3.50. The molecule has 2 aromatic carbocycles. The van der Waals surface area contributed by atoms with Crippen molar-refractivity contribution >= 4 is 18.4 Å². The van der Waals surface area contributed by atoms with Crippen molar-refractivity contribution in [2.75, 3.05) is 0 Å². The summed E-state index contributed by atoms with van der Waals surface area (Å²) < 4.78 is 7.77. The second-order valence-electron chi connectivity index (χ2n) is 5.90. The lowest BCUT2D eigenvalue weighted by Gasteiger charge is -2.09. The largest absolute Gasteiger partial charge is 0.491 e. The third-order valence-corrected chi connectivity index (χ3v) is 3.76. The molecule has 0 saturated carbocycles. The first-order valence-corrected chi connectivity index (χ1v) is 8.54. The normalized spacial score (nSPS) is 11.3. The van der Waals surface area contributed by atoms with Gasteiger partial charge in [-0.1, -0.05) is 30.3 Å². The number of nitrogens with one attached hydrogen (secondary N) is 1. The van der Waals surface area contributed by atoms with Gasteiger partial charge >= 0.3 is 0 Å². The van der Waals surface area contributed by atoms with Crippen LogP contribution in [-0.4, -0.2) is 27.2 Å². The van der Waals surface area contributed by atoms with Crippen molar-refractivity contribution in [1.82, 2.24) is 14.9 Å². The minimum absolute atomic E-state index is 0.157. The highest BCUT2D eigenvalue weighted by molar-refractivity contribution is 7.71. The zero-order valence-corrected chi connectivity index (χ0v) is 15.0. The van der Waals surface area contributed by atoms with Crippen LogP contribution in [0.1, 0.15) is 30.8 Å². The summed E-state index contributed by atoms with van der Waals surface area (Å²) in [5.41, 5.74) is 2.12. The molecule has 5 nitrogen and oxygen atoms in total. The van der Waals surface area contributed by atoms with E-state index in [4.69, 9.17) is 17.0 Å². The first kappa shape index (κ1) is 17.1. The van der Waals surface area contributed by atoms with Crippen molar-refractivity contribution in [1.29, 1.82) is 0 Å². The number of ether oxygens (including phenoxy) is 1. The molecule has 25 heavy (non-hydrogen) atoms. The number of hydrogen-bond donors (Lipinski definition) is 1. The van der Waals surface area contributed by atoms with Crippen molar-refractivity contribution in [3.63, 3.8) is 0 Å². The lowest BCUT2D eigenvalue weighted by Crippen LogP contribution is -2.05. The quantitative estimate of drug-likeness (QED) is 0.534. The minimum Gasteiger partial charge on any atom is -0.491 e. The van der Waals surface area contributed by atoms with Gasteiger partial charge in [-0.2, -0.15) is 14.9 Å². The van der Waals surface area contributed by atoms with Crippen molar-refractivity contribution in [2.24, 2.45) is 5.10 Å². The van der Waals surface area contributed by atoms with Gasteiger partial charge in [0.25, 0.3) is 0 Å². The summed E-state index contributed by atoms with van der Waals surface area (Å²) in [6, 6.07) is 17.9. The summed E-state index contributed by atoms with van der Waals surface area (Å²) in [6.07, 6.45) is 2.58. The van der Waals surface area contributed by atoms with Crippen LogP contribution in [0.4, 0.5) is 0 Å². The third kappa shape index (κ3) is 4.64. The van der Waals surface area contributed by atoms with Crippen molar-refractivity contribution in [2.45, 2.75) is 26.4 Å². The van der Waals surface area contributed by atoms with E-state index >= 15 is 0 Å². The van der Waals surface area contributed by atoms with Crippen molar-refractivity contribution in [3.05, 3.63) is 76.3 Å². The van der Waals surface area contributed by atoms with Crippen LogP contribution in [0, 0.1) is 4.77 Å². The zero-order valence-electron chi connectivity index (χ0n) is 14.2. The van der Waals surface area contributed by atoms with Gasteiger partial charge in [0.2, 0.25) is 4.77 Å². The first-order valence-electron chi connectivity index (χ1n) is 8.13. The summed E-state index contributed by atoms with van der Waals surface area (Å²) >= 11 is 5.28. The second kappa shape index (κ2) is 7.90. The van der Waals surface area contributed by atoms with E-state index in [9.17, 15) is 0 Å². The lowest BCUT2D eigenvalue weighted by molar-refractivity contribution is 0.242. The molecule has 0 aliphatic carbocycles. The fourth-order valence-corrected chi connectivity index (χ4v) is 2.56. The van der Waals surface area contributed by atoms with E-state index in [1.807, 2.05) is 56.3 Å². The number of hydrogen-bond acceptors (Lipinski definition) is 4. The van der Waals surface area contributed by atoms with Gasteiger partial charge in [-0.15, -0.1) is 0 Å². The molecule has 0 atom stereocenters. The molecule has 1 N–H and O–H groups in total. The number of H-pyrrole nitrogens is 1. The SMILES string of the molecule is CC(C)Oc1ccc(/C=N\n2c(Cc3ccccc3)n[nH]c2=S)cc1. The van der Waals surface area contributed by atoms with E-state index < -0.39 is 0 Å². The average Bonchev–Trinajstić information content (AvgIpc) is 2.94. The predicted octanol–water partition coefficient (Wildman–Crippen LogP) is 4.20. The van der Waals surface area contributed by atoms with Crippen molar-refractivity contribution < 1.29 is 4.74 Å². The molecule has 0 aliphatic heterocycles. The summed E-state index contributed by atoms with van der Waals surface area (Å²) in [5, 5.41) is 11.6. The Hall–Kier alpha value is -2.73. The van der Waals surface area contributed by atoms with Crippen LogP contribution < -0.4 is 4.74 Å². The Morgan fingerprint density at radius 2 is 1.88 bits per heavy atom. The Kier molecular flexibility index (Phi) is 5.40. The lowest BCUT2D eigenvalue weighted by atomic mass is 10.1. The highest BCUT2D eigenvalue weighted by Gasteiger charge is 2.06. The molecule has 0 fully saturated rings. The van der Waals surface area contributed by atoms with Gasteiger partial charge in [0.1, 0.15) is 5.75 Å². The van der Waals surface area contributed by atoms with E-state index in [0.29, 0.717) is 11.2 Å². The average molecular weight is 352 g/mol. The molecule has 0 spiro atoms. The van der Waals surface area contributed by atoms with Crippen LogP contribution in [0.15, 0.2) is 59.7 Å². The number of benzene rings is 2. The maximum Gasteiger partial charge on any atom is 0.216 e. The van der Waals surface area contributed by atoms with Crippen LogP contribution in [0.25, 0.3) is 0 Å². The van der Waals surface area contributed by atoms with Gasteiger partial charge in [-0.25, -0.2) is 0 Å². The molecule has 0 unspecified atom stereocenters. The Morgan fingerprint density at radius 3 is 2.56 bits per heavy atom. The Labute approximate surface area is 152 Å². The number of rotatable bonds is 6. The maximum atomic E-state index is 5.64. The van der Waals surface area contributed by atoms with Crippen LogP contribution >= 0.6 is 12.2 Å². The second-order valence-corrected chi connectivity index (χ2v) is 6.29. The number of aromatic amines is 1. The van der Waals surface area contributed by atoms with Crippen molar-refractivity contribution in [3.8, 4) is 5.75 Å². The summed E-state index contributed by atoms with van der Waals surface area (Å²) in [6.45, 7) is 4.01. The molecule has 0 aliphatic rings. The highest BCUT2D eigenvalue weighted by atomic mass is 32.1. The van der Waals surface area contributed by atoms with Gasteiger partial charge in [0, 0.05) is 6.42 Å². The van der Waals surface area contributed by atoms with Crippen LogP contribution in [-0.2, 0) is 6.42 Å². The van der Waals surface area contributed by atoms with E-state index in [-0.39, 0.29) is 6.10 Å². The van der Waals surface area contributed by atoms with Gasteiger partial charge in [0.15, 0.2) is 5.82 Å². The molecule has 0 amide bonds. The van der Waals surface area contributed by atoms with E-state index in [0.717, 1.165) is 22.7 Å². The van der Waals surface area contributed by atoms with E-state index in [1.54, 1.807) is 10.9 Å². The topological polar surface area (TPSA) is 55.2 Å². The Balaban J connectivity index is 1.77. The zero-order chi connectivity index (χ0) is 17.6. The van der Waals surface area contributed by atoms with Crippen LogP contribution in [0.3, 0.4) is 0 Å². The number of aromatic nitrogens is 3. The fourth-order valence-electron chi connectivity index (χ4n) is 2.37.